The minimum atomic E-state index is -0.0364. The van der Waals surface area contributed by atoms with E-state index in [-0.39, 0.29) is 6.10 Å². The largest absolute Gasteiger partial charge is 0.493 e. The lowest BCUT2D eigenvalue weighted by Gasteiger charge is -2.32. The topological polar surface area (TPSA) is 68.5 Å². The lowest BCUT2D eigenvalue weighted by molar-refractivity contribution is -0.0352. The predicted octanol–water partition coefficient (Wildman–Crippen LogP) is 2.47. The van der Waals surface area contributed by atoms with E-state index in [0.29, 0.717) is 13.2 Å². The fourth-order valence-corrected chi connectivity index (χ4v) is 3.66. The standard InChI is InChI=1S/C23H30N6O2/c1-27(2)23-24-14-18(15-25-23)16-29-10-12-31-22(17-29)21-13-19(28(3)26-21)9-11-30-20-7-5-4-6-8-20/h4-8,13-15,22H,9-12,16-17H2,1-3H3. The van der Waals surface area contributed by atoms with E-state index in [2.05, 4.69) is 20.9 Å². The summed E-state index contributed by atoms with van der Waals surface area (Å²) in [5, 5.41) is 4.71. The third kappa shape index (κ3) is 5.59. The number of rotatable bonds is 8. The average Bonchev–Trinajstić information content (AvgIpc) is 3.16. The van der Waals surface area contributed by atoms with Crippen LogP contribution in [0.5, 0.6) is 5.75 Å². The molecule has 1 aliphatic rings. The minimum Gasteiger partial charge on any atom is -0.493 e. The molecule has 1 atom stereocenters. The maximum Gasteiger partial charge on any atom is 0.224 e. The van der Waals surface area contributed by atoms with Crippen molar-refractivity contribution < 1.29 is 9.47 Å². The summed E-state index contributed by atoms with van der Waals surface area (Å²) in [4.78, 5) is 13.1. The van der Waals surface area contributed by atoms with Crippen LogP contribution < -0.4 is 9.64 Å². The van der Waals surface area contributed by atoms with Gasteiger partial charge in [0.1, 0.15) is 11.9 Å². The van der Waals surface area contributed by atoms with Gasteiger partial charge in [-0.25, -0.2) is 9.97 Å². The summed E-state index contributed by atoms with van der Waals surface area (Å²) in [6.07, 6.45) is 4.56. The molecule has 1 fully saturated rings. The Bertz CT molecular complexity index is 958. The van der Waals surface area contributed by atoms with Gasteiger partial charge in [-0.1, -0.05) is 18.2 Å². The van der Waals surface area contributed by atoms with E-state index in [9.17, 15) is 0 Å². The Labute approximate surface area is 183 Å². The minimum absolute atomic E-state index is 0.0364. The van der Waals surface area contributed by atoms with Crippen molar-refractivity contribution in [2.45, 2.75) is 19.1 Å². The number of anilines is 1. The van der Waals surface area contributed by atoms with Gasteiger partial charge in [-0.2, -0.15) is 5.10 Å². The first-order valence-corrected chi connectivity index (χ1v) is 10.6. The fraction of sp³-hybridized carbons (Fsp3) is 0.435. The zero-order chi connectivity index (χ0) is 21.6. The number of benzene rings is 1. The highest BCUT2D eigenvalue weighted by Gasteiger charge is 2.25. The summed E-state index contributed by atoms with van der Waals surface area (Å²) in [6.45, 7) is 3.79. The molecule has 3 aromatic rings. The lowest BCUT2D eigenvalue weighted by Crippen LogP contribution is -2.38. The van der Waals surface area contributed by atoms with E-state index in [4.69, 9.17) is 14.6 Å². The number of aromatic nitrogens is 4. The quantitative estimate of drug-likeness (QED) is 0.552. The monoisotopic (exact) mass is 422 g/mol. The summed E-state index contributed by atoms with van der Waals surface area (Å²) in [6, 6.07) is 12.0. The molecule has 0 saturated carbocycles. The molecule has 4 rings (SSSR count). The Morgan fingerprint density at radius 2 is 1.94 bits per heavy atom. The highest BCUT2D eigenvalue weighted by Crippen LogP contribution is 2.23. The van der Waals surface area contributed by atoms with Crippen molar-refractivity contribution in [1.29, 1.82) is 0 Å². The van der Waals surface area contributed by atoms with E-state index in [1.54, 1.807) is 0 Å². The lowest BCUT2D eigenvalue weighted by atomic mass is 10.1. The smallest absolute Gasteiger partial charge is 0.224 e. The van der Waals surface area contributed by atoms with Crippen LogP contribution in [0.1, 0.15) is 23.1 Å². The van der Waals surface area contributed by atoms with Gasteiger partial charge < -0.3 is 14.4 Å². The van der Waals surface area contributed by atoms with E-state index in [1.165, 1.54) is 0 Å². The van der Waals surface area contributed by atoms with Crippen LogP contribution in [0, 0.1) is 0 Å². The molecule has 1 saturated heterocycles. The second kappa shape index (κ2) is 9.89. The maximum atomic E-state index is 6.04. The number of hydrogen-bond donors (Lipinski definition) is 0. The van der Waals surface area contributed by atoms with Crippen molar-refractivity contribution in [1.82, 2.24) is 24.6 Å². The van der Waals surface area contributed by atoms with E-state index < -0.39 is 0 Å². The molecule has 31 heavy (non-hydrogen) atoms. The van der Waals surface area contributed by atoms with Crippen LogP contribution in [-0.2, 0) is 24.8 Å². The molecule has 8 nitrogen and oxygen atoms in total. The van der Waals surface area contributed by atoms with Crippen molar-refractivity contribution >= 4 is 5.95 Å². The number of nitrogens with zero attached hydrogens (tertiary/aromatic N) is 6. The molecule has 1 aliphatic heterocycles. The molecule has 164 valence electrons. The molecule has 1 unspecified atom stereocenters. The predicted molar refractivity (Wildman–Crippen MR) is 119 cm³/mol. The SMILES string of the molecule is CN(C)c1ncc(CN2CCOC(c3cc(CCOc4ccccc4)n(C)n3)C2)cn1. The van der Waals surface area contributed by atoms with Crippen LogP contribution in [-0.4, -0.2) is 65.0 Å². The molecule has 0 spiro atoms. The summed E-state index contributed by atoms with van der Waals surface area (Å²) in [5.74, 6) is 1.61. The third-order valence-electron chi connectivity index (χ3n) is 5.34. The molecule has 3 heterocycles. The van der Waals surface area contributed by atoms with Crippen molar-refractivity contribution in [2.75, 3.05) is 45.3 Å². The first kappa shape index (κ1) is 21.3. The molecule has 0 aliphatic carbocycles. The van der Waals surface area contributed by atoms with E-state index in [0.717, 1.165) is 54.7 Å². The second-order valence-corrected chi connectivity index (χ2v) is 7.98. The van der Waals surface area contributed by atoms with Gasteiger partial charge in [-0.05, 0) is 18.2 Å². The Balaban J connectivity index is 1.33. The zero-order valence-electron chi connectivity index (χ0n) is 18.4. The van der Waals surface area contributed by atoms with E-state index in [1.807, 2.05) is 73.5 Å². The molecular weight excluding hydrogens is 392 g/mol. The van der Waals surface area contributed by atoms with Gasteiger partial charge in [-0.15, -0.1) is 0 Å². The molecule has 0 amide bonds. The Morgan fingerprint density at radius 3 is 2.68 bits per heavy atom. The summed E-state index contributed by atoms with van der Waals surface area (Å²) in [5.41, 5.74) is 3.21. The molecule has 0 bridgehead atoms. The summed E-state index contributed by atoms with van der Waals surface area (Å²) < 4.78 is 13.8. The number of morpholine rings is 1. The number of aryl methyl sites for hydroxylation is 1. The third-order valence-corrected chi connectivity index (χ3v) is 5.34. The fourth-order valence-electron chi connectivity index (χ4n) is 3.66. The molecular formula is C23H30N6O2. The van der Waals surface area contributed by atoms with Crippen LogP contribution in [0.25, 0.3) is 0 Å². The van der Waals surface area contributed by atoms with Crippen LogP contribution >= 0.6 is 0 Å². The van der Waals surface area contributed by atoms with Gasteiger partial charge in [0.05, 0.1) is 18.9 Å². The number of hydrogen-bond acceptors (Lipinski definition) is 7. The van der Waals surface area contributed by atoms with Gasteiger partial charge in [0.25, 0.3) is 0 Å². The van der Waals surface area contributed by atoms with Crippen molar-refractivity contribution in [3.05, 3.63) is 65.7 Å². The molecule has 1 aromatic carbocycles. The zero-order valence-corrected chi connectivity index (χ0v) is 18.4. The van der Waals surface area contributed by atoms with Gasteiger partial charge in [0.15, 0.2) is 0 Å². The summed E-state index contributed by atoms with van der Waals surface area (Å²) in [7, 11) is 5.86. The molecule has 2 aromatic heterocycles. The normalized spacial score (nSPS) is 16.9. The van der Waals surface area contributed by atoms with Crippen LogP contribution in [0.4, 0.5) is 5.95 Å². The van der Waals surface area contributed by atoms with Gasteiger partial charge in [0.2, 0.25) is 5.95 Å². The van der Waals surface area contributed by atoms with Crippen molar-refractivity contribution in [3.8, 4) is 5.75 Å². The first-order chi connectivity index (χ1) is 15.1. The van der Waals surface area contributed by atoms with Crippen LogP contribution in [0.3, 0.4) is 0 Å². The van der Waals surface area contributed by atoms with Crippen molar-refractivity contribution in [2.24, 2.45) is 7.05 Å². The molecule has 0 N–H and O–H groups in total. The second-order valence-electron chi connectivity index (χ2n) is 7.98. The maximum absolute atomic E-state index is 6.04. The van der Waals surface area contributed by atoms with E-state index >= 15 is 0 Å². The van der Waals surface area contributed by atoms with Gasteiger partial charge in [-0.3, -0.25) is 9.58 Å². The Kier molecular flexibility index (Phi) is 6.79. The van der Waals surface area contributed by atoms with Crippen molar-refractivity contribution in [3.63, 3.8) is 0 Å². The Hall–Kier alpha value is -2.97. The highest BCUT2D eigenvalue weighted by atomic mass is 16.5. The van der Waals surface area contributed by atoms with Crippen LogP contribution in [0.2, 0.25) is 0 Å². The number of para-hydroxylation sites is 1. The number of ether oxygens (including phenoxy) is 2. The highest BCUT2D eigenvalue weighted by molar-refractivity contribution is 5.26. The van der Waals surface area contributed by atoms with Gasteiger partial charge >= 0.3 is 0 Å². The summed E-state index contributed by atoms with van der Waals surface area (Å²) >= 11 is 0. The molecule has 0 radical (unpaired) electrons. The Morgan fingerprint density at radius 1 is 1.16 bits per heavy atom. The first-order valence-electron chi connectivity index (χ1n) is 10.6. The van der Waals surface area contributed by atoms with Gasteiger partial charge in [0, 0.05) is 70.8 Å². The van der Waals surface area contributed by atoms with Crippen LogP contribution in [0.15, 0.2) is 48.8 Å². The molecule has 8 heteroatoms. The average molecular weight is 423 g/mol.